The number of halogens is 1. The number of nitrogens with one attached hydrogen (secondary N) is 1. The number of hydrogen-bond donors (Lipinski definition) is 1. The molecule has 0 radical (unpaired) electrons. The normalized spacial score (nSPS) is 10.7. The summed E-state index contributed by atoms with van der Waals surface area (Å²) in [7, 11) is 0. The van der Waals surface area contributed by atoms with Crippen molar-refractivity contribution in [3.63, 3.8) is 0 Å². The van der Waals surface area contributed by atoms with Crippen LogP contribution >= 0.6 is 11.6 Å². The molecule has 0 aliphatic heterocycles. The van der Waals surface area contributed by atoms with Crippen LogP contribution in [0.2, 0.25) is 5.02 Å². The molecular weight excluding hydrogens is 280 g/mol. The van der Waals surface area contributed by atoms with Gasteiger partial charge in [-0.1, -0.05) is 11.6 Å². The molecule has 0 bridgehead atoms. The largest absolute Gasteiger partial charge is 0.467 e. The lowest BCUT2D eigenvalue weighted by molar-refractivity contribution is 0.0937. The first kappa shape index (κ1) is 12.6. The lowest BCUT2D eigenvalue weighted by Crippen LogP contribution is -2.25. The van der Waals surface area contributed by atoms with Crippen molar-refractivity contribution in [1.29, 1.82) is 0 Å². The van der Waals surface area contributed by atoms with Crippen LogP contribution < -0.4 is 5.32 Å². The Morgan fingerprint density at radius 3 is 2.95 bits per heavy atom. The van der Waals surface area contributed by atoms with E-state index in [-0.39, 0.29) is 12.4 Å². The summed E-state index contributed by atoms with van der Waals surface area (Å²) < 4.78 is 5.12. The minimum Gasteiger partial charge on any atom is -0.467 e. The zero-order valence-corrected chi connectivity index (χ0v) is 11.0. The standard InChI is InChI=1S/C13H9ClN4O2/c14-8-3-4-10-11(6-8)16-12(18-17-10)13(19)15-7-9-2-1-5-20-9/h1-6H,7H2,(H,15,19). The highest BCUT2D eigenvalue weighted by Crippen LogP contribution is 2.15. The van der Waals surface area contributed by atoms with Crippen LogP contribution in [-0.4, -0.2) is 21.1 Å². The smallest absolute Gasteiger partial charge is 0.291 e. The molecule has 0 unspecified atom stereocenters. The fraction of sp³-hybridized carbons (Fsp3) is 0.0769. The Labute approximate surface area is 118 Å². The van der Waals surface area contributed by atoms with Crippen LogP contribution in [0, 0.1) is 0 Å². The molecule has 0 atom stereocenters. The molecular formula is C13H9ClN4O2. The molecule has 100 valence electrons. The highest BCUT2D eigenvalue weighted by molar-refractivity contribution is 6.31. The first-order valence-electron chi connectivity index (χ1n) is 5.83. The number of furan rings is 1. The van der Waals surface area contributed by atoms with Crippen molar-refractivity contribution < 1.29 is 9.21 Å². The van der Waals surface area contributed by atoms with Gasteiger partial charge in [0.05, 0.1) is 18.3 Å². The molecule has 0 saturated heterocycles. The zero-order valence-electron chi connectivity index (χ0n) is 10.2. The van der Waals surface area contributed by atoms with Crippen LogP contribution in [0.1, 0.15) is 16.4 Å². The highest BCUT2D eigenvalue weighted by Gasteiger charge is 2.11. The van der Waals surface area contributed by atoms with E-state index in [0.29, 0.717) is 21.8 Å². The van der Waals surface area contributed by atoms with Crippen LogP contribution in [-0.2, 0) is 6.54 Å². The Hall–Kier alpha value is -2.47. The first-order chi connectivity index (χ1) is 9.72. The number of fused-ring (bicyclic) bond motifs is 1. The predicted octanol–water partition coefficient (Wildman–Crippen LogP) is 2.20. The van der Waals surface area contributed by atoms with Gasteiger partial charge in [-0.05, 0) is 30.3 Å². The number of carbonyl (C=O) groups excluding carboxylic acids is 1. The van der Waals surface area contributed by atoms with E-state index in [1.807, 2.05) is 0 Å². The Morgan fingerprint density at radius 1 is 1.25 bits per heavy atom. The van der Waals surface area contributed by atoms with Gasteiger partial charge >= 0.3 is 0 Å². The Bertz CT molecular complexity index is 758. The molecule has 3 aromatic rings. The third kappa shape index (κ3) is 2.60. The van der Waals surface area contributed by atoms with Crippen molar-refractivity contribution in [3.8, 4) is 0 Å². The van der Waals surface area contributed by atoms with E-state index in [4.69, 9.17) is 16.0 Å². The summed E-state index contributed by atoms with van der Waals surface area (Å²) in [4.78, 5) is 16.1. The molecule has 1 aromatic carbocycles. The first-order valence-corrected chi connectivity index (χ1v) is 6.21. The van der Waals surface area contributed by atoms with E-state index in [9.17, 15) is 4.79 Å². The Morgan fingerprint density at radius 2 is 2.15 bits per heavy atom. The van der Waals surface area contributed by atoms with Crippen LogP contribution in [0.4, 0.5) is 0 Å². The van der Waals surface area contributed by atoms with Crippen LogP contribution in [0.5, 0.6) is 0 Å². The van der Waals surface area contributed by atoms with Gasteiger partial charge in [0.2, 0.25) is 5.82 Å². The highest BCUT2D eigenvalue weighted by atomic mass is 35.5. The van der Waals surface area contributed by atoms with Crippen molar-refractivity contribution >= 4 is 28.5 Å². The zero-order chi connectivity index (χ0) is 13.9. The molecule has 0 saturated carbocycles. The summed E-state index contributed by atoms with van der Waals surface area (Å²) in [5.41, 5.74) is 1.10. The second kappa shape index (κ2) is 5.26. The molecule has 0 aliphatic carbocycles. The topological polar surface area (TPSA) is 80.9 Å². The van der Waals surface area contributed by atoms with E-state index < -0.39 is 5.91 Å². The van der Waals surface area contributed by atoms with Crippen molar-refractivity contribution in [2.45, 2.75) is 6.54 Å². The van der Waals surface area contributed by atoms with E-state index in [1.54, 1.807) is 30.3 Å². The quantitative estimate of drug-likeness (QED) is 0.799. The molecule has 1 amide bonds. The molecule has 6 nitrogen and oxygen atoms in total. The molecule has 0 aliphatic rings. The van der Waals surface area contributed by atoms with Gasteiger partial charge in [-0.15, -0.1) is 10.2 Å². The van der Waals surface area contributed by atoms with Crippen molar-refractivity contribution in [2.24, 2.45) is 0 Å². The lowest BCUT2D eigenvalue weighted by Gasteiger charge is -2.02. The van der Waals surface area contributed by atoms with Gasteiger partial charge in [0.25, 0.3) is 5.91 Å². The number of aromatic nitrogens is 3. The van der Waals surface area contributed by atoms with Crippen molar-refractivity contribution in [2.75, 3.05) is 0 Å². The number of carbonyl (C=O) groups is 1. The van der Waals surface area contributed by atoms with Gasteiger partial charge in [0.1, 0.15) is 11.3 Å². The molecule has 0 spiro atoms. The molecule has 2 aromatic heterocycles. The van der Waals surface area contributed by atoms with Gasteiger partial charge in [-0.2, -0.15) is 0 Å². The van der Waals surface area contributed by atoms with Crippen molar-refractivity contribution in [1.82, 2.24) is 20.5 Å². The summed E-state index contributed by atoms with van der Waals surface area (Å²) in [6.45, 7) is 0.267. The van der Waals surface area contributed by atoms with Gasteiger partial charge in [0.15, 0.2) is 0 Å². The van der Waals surface area contributed by atoms with Gasteiger partial charge in [-0.3, -0.25) is 4.79 Å². The van der Waals surface area contributed by atoms with E-state index in [2.05, 4.69) is 20.5 Å². The van der Waals surface area contributed by atoms with Gasteiger partial charge in [-0.25, -0.2) is 4.98 Å². The number of benzene rings is 1. The number of hydrogen-bond acceptors (Lipinski definition) is 5. The number of nitrogens with zero attached hydrogens (tertiary/aromatic N) is 3. The van der Waals surface area contributed by atoms with E-state index >= 15 is 0 Å². The van der Waals surface area contributed by atoms with E-state index in [1.165, 1.54) is 6.26 Å². The van der Waals surface area contributed by atoms with Crippen LogP contribution in [0.15, 0.2) is 41.0 Å². The molecule has 0 fully saturated rings. The Balaban J connectivity index is 1.80. The van der Waals surface area contributed by atoms with Crippen LogP contribution in [0.3, 0.4) is 0 Å². The van der Waals surface area contributed by atoms with E-state index in [0.717, 1.165) is 0 Å². The molecule has 3 rings (SSSR count). The van der Waals surface area contributed by atoms with Gasteiger partial charge < -0.3 is 9.73 Å². The number of rotatable bonds is 3. The van der Waals surface area contributed by atoms with Crippen LogP contribution in [0.25, 0.3) is 11.0 Å². The summed E-state index contributed by atoms with van der Waals surface area (Å²) >= 11 is 5.88. The predicted molar refractivity (Wildman–Crippen MR) is 72.2 cm³/mol. The maximum absolute atomic E-state index is 11.9. The maximum atomic E-state index is 11.9. The minimum atomic E-state index is -0.421. The molecule has 2 heterocycles. The second-order valence-corrected chi connectivity index (χ2v) is 4.47. The lowest BCUT2D eigenvalue weighted by atomic mass is 10.3. The fourth-order valence-corrected chi connectivity index (χ4v) is 1.83. The minimum absolute atomic E-state index is 0.00803. The monoisotopic (exact) mass is 288 g/mol. The average molecular weight is 289 g/mol. The van der Waals surface area contributed by atoms with Gasteiger partial charge in [0, 0.05) is 5.02 Å². The summed E-state index contributed by atoms with van der Waals surface area (Å²) in [6, 6.07) is 8.53. The fourth-order valence-electron chi connectivity index (χ4n) is 1.66. The number of amides is 1. The maximum Gasteiger partial charge on any atom is 0.291 e. The molecule has 7 heteroatoms. The SMILES string of the molecule is O=C(NCc1ccco1)c1nnc2ccc(Cl)cc2n1. The third-order valence-corrected chi connectivity index (χ3v) is 2.86. The molecule has 1 N–H and O–H groups in total. The summed E-state index contributed by atoms with van der Waals surface area (Å²) in [5.74, 6) is 0.220. The average Bonchev–Trinajstić information content (AvgIpc) is 2.97. The summed E-state index contributed by atoms with van der Waals surface area (Å²) in [6.07, 6.45) is 1.54. The van der Waals surface area contributed by atoms with Crippen molar-refractivity contribution in [3.05, 3.63) is 53.2 Å². The molecule has 20 heavy (non-hydrogen) atoms. The summed E-state index contributed by atoms with van der Waals surface area (Å²) in [5, 5.41) is 10.9. The third-order valence-electron chi connectivity index (χ3n) is 2.62. The second-order valence-electron chi connectivity index (χ2n) is 4.03. The Kier molecular flexibility index (Phi) is 3.30.